The van der Waals surface area contributed by atoms with Gasteiger partial charge < -0.3 is 5.11 Å². The summed E-state index contributed by atoms with van der Waals surface area (Å²) in [4.78, 5) is 19.4. The standard InChI is InChI=1S/C12H13N3O2S2/c1-12(2,3)10-14-11(19-15-10)18-8-6-7(9(16)17)4-5-13-8/h4-6H,1-3H3,(H,16,17). The summed E-state index contributed by atoms with van der Waals surface area (Å²) >= 11 is 2.63. The molecule has 0 aliphatic carbocycles. The van der Waals surface area contributed by atoms with Crippen molar-refractivity contribution < 1.29 is 9.90 Å². The summed E-state index contributed by atoms with van der Waals surface area (Å²) in [7, 11) is 0. The number of carboxylic acids is 1. The molecular weight excluding hydrogens is 282 g/mol. The maximum absolute atomic E-state index is 10.9. The van der Waals surface area contributed by atoms with Crippen LogP contribution in [-0.2, 0) is 5.41 Å². The number of carboxylic acid groups (broad SMARTS) is 1. The highest BCUT2D eigenvalue weighted by atomic mass is 32.2. The minimum Gasteiger partial charge on any atom is -0.478 e. The van der Waals surface area contributed by atoms with Gasteiger partial charge in [-0.25, -0.2) is 14.8 Å². The van der Waals surface area contributed by atoms with Crippen molar-refractivity contribution in [3.63, 3.8) is 0 Å². The van der Waals surface area contributed by atoms with Crippen molar-refractivity contribution in [1.82, 2.24) is 14.3 Å². The Morgan fingerprint density at radius 3 is 2.74 bits per heavy atom. The molecule has 0 amide bonds. The van der Waals surface area contributed by atoms with Gasteiger partial charge in [-0.05, 0) is 35.4 Å². The van der Waals surface area contributed by atoms with Crippen LogP contribution < -0.4 is 0 Å². The number of aromatic nitrogens is 3. The minimum absolute atomic E-state index is 0.0916. The normalized spacial score (nSPS) is 11.5. The van der Waals surface area contributed by atoms with Gasteiger partial charge in [0.15, 0.2) is 4.34 Å². The summed E-state index contributed by atoms with van der Waals surface area (Å²) in [6.45, 7) is 6.15. The average Bonchev–Trinajstić information content (AvgIpc) is 2.77. The molecular formula is C12H13N3O2S2. The fourth-order valence-electron chi connectivity index (χ4n) is 1.24. The van der Waals surface area contributed by atoms with Gasteiger partial charge in [-0.15, -0.1) is 0 Å². The first-order valence-electron chi connectivity index (χ1n) is 5.57. The van der Waals surface area contributed by atoms with Crippen LogP contribution in [0, 0.1) is 0 Å². The predicted octanol–water partition coefficient (Wildman–Crippen LogP) is 3.08. The van der Waals surface area contributed by atoms with Crippen molar-refractivity contribution in [2.45, 2.75) is 35.6 Å². The van der Waals surface area contributed by atoms with Gasteiger partial charge in [0, 0.05) is 11.6 Å². The Labute approximate surface area is 119 Å². The van der Waals surface area contributed by atoms with Crippen LogP contribution in [-0.4, -0.2) is 25.4 Å². The molecule has 7 heteroatoms. The third-order valence-corrected chi connectivity index (χ3v) is 3.94. The molecule has 0 atom stereocenters. The van der Waals surface area contributed by atoms with E-state index >= 15 is 0 Å². The SMILES string of the molecule is CC(C)(C)c1nsc(Sc2cc(C(=O)O)ccn2)n1. The Morgan fingerprint density at radius 1 is 1.42 bits per heavy atom. The van der Waals surface area contributed by atoms with Gasteiger partial charge in [-0.1, -0.05) is 20.8 Å². The Morgan fingerprint density at radius 2 is 2.16 bits per heavy atom. The van der Waals surface area contributed by atoms with Gasteiger partial charge in [0.25, 0.3) is 0 Å². The molecule has 2 heterocycles. The molecule has 100 valence electrons. The molecule has 0 aliphatic heterocycles. The first-order chi connectivity index (χ1) is 8.86. The van der Waals surface area contributed by atoms with Gasteiger partial charge in [-0.3, -0.25) is 0 Å². The Balaban J connectivity index is 2.19. The van der Waals surface area contributed by atoms with Gasteiger partial charge in [0.05, 0.1) is 5.56 Å². The summed E-state index contributed by atoms with van der Waals surface area (Å²) in [5, 5.41) is 9.53. The summed E-state index contributed by atoms with van der Waals surface area (Å²) in [5.74, 6) is -0.175. The molecule has 0 aliphatic rings. The second-order valence-electron chi connectivity index (χ2n) is 4.92. The van der Waals surface area contributed by atoms with E-state index in [4.69, 9.17) is 5.11 Å². The van der Waals surface area contributed by atoms with Crippen molar-refractivity contribution in [1.29, 1.82) is 0 Å². The van der Waals surface area contributed by atoms with Crippen LogP contribution in [0.25, 0.3) is 0 Å². The molecule has 0 saturated heterocycles. The van der Waals surface area contributed by atoms with Crippen molar-refractivity contribution in [3.05, 3.63) is 29.7 Å². The smallest absolute Gasteiger partial charge is 0.335 e. The van der Waals surface area contributed by atoms with Gasteiger partial charge >= 0.3 is 5.97 Å². The lowest BCUT2D eigenvalue weighted by molar-refractivity contribution is 0.0696. The van der Waals surface area contributed by atoms with E-state index in [1.54, 1.807) is 0 Å². The molecule has 0 unspecified atom stereocenters. The van der Waals surface area contributed by atoms with E-state index in [0.717, 1.165) is 10.2 Å². The zero-order valence-electron chi connectivity index (χ0n) is 10.7. The molecule has 2 aromatic heterocycles. The lowest BCUT2D eigenvalue weighted by Crippen LogP contribution is -2.12. The molecule has 0 radical (unpaired) electrons. The minimum atomic E-state index is -0.961. The highest BCUT2D eigenvalue weighted by molar-refractivity contribution is 8.00. The van der Waals surface area contributed by atoms with E-state index in [-0.39, 0.29) is 11.0 Å². The fraction of sp³-hybridized carbons (Fsp3) is 0.333. The molecule has 0 bridgehead atoms. The summed E-state index contributed by atoms with van der Waals surface area (Å²) < 4.78 is 5.07. The second-order valence-corrected chi connectivity index (χ2v) is 6.94. The number of hydrogen-bond acceptors (Lipinski definition) is 6. The van der Waals surface area contributed by atoms with Crippen molar-refractivity contribution >= 4 is 29.3 Å². The van der Waals surface area contributed by atoms with Crippen LogP contribution in [0.3, 0.4) is 0 Å². The average molecular weight is 295 g/mol. The number of nitrogens with zero attached hydrogens (tertiary/aromatic N) is 3. The monoisotopic (exact) mass is 295 g/mol. The van der Waals surface area contributed by atoms with Crippen LogP contribution in [0.1, 0.15) is 37.0 Å². The lowest BCUT2D eigenvalue weighted by Gasteiger charge is -2.12. The van der Waals surface area contributed by atoms with E-state index in [9.17, 15) is 4.79 Å². The van der Waals surface area contributed by atoms with Crippen LogP contribution in [0.15, 0.2) is 27.7 Å². The number of hydrogen-bond donors (Lipinski definition) is 1. The Bertz CT molecular complexity index is 605. The summed E-state index contributed by atoms with van der Waals surface area (Å²) in [6.07, 6.45) is 1.48. The van der Waals surface area contributed by atoms with Crippen molar-refractivity contribution in [3.8, 4) is 0 Å². The topological polar surface area (TPSA) is 76.0 Å². The first-order valence-corrected chi connectivity index (χ1v) is 7.16. The van der Waals surface area contributed by atoms with E-state index in [1.807, 2.05) is 20.8 Å². The molecule has 5 nitrogen and oxygen atoms in total. The third-order valence-electron chi connectivity index (χ3n) is 2.25. The fourth-order valence-corrected chi connectivity index (χ4v) is 2.98. The van der Waals surface area contributed by atoms with Crippen LogP contribution in [0.5, 0.6) is 0 Å². The Hall–Kier alpha value is -1.47. The maximum Gasteiger partial charge on any atom is 0.335 e. The number of carbonyl (C=O) groups is 1. The maximum atomic E-state index is 10.9. The molecule has 2 aromatic rings. The van der Waals surface area contributed by atoms with Crippen LogP contribution >= 0.6 is 23.3 Å². The molecule has 0 spiro atoms. The first kappa shape index (κ1) is 14.0. The van der Waals surface area contributed by atoms with Crippen LogP contribution in [0.2, 0.25) is 0 Å². The van der Waals surface area contributed by atoms with E-state index in [0.29, 0.717) is 5.03 Å². The largest absolute Gasteiger partial charge is 0.478 e. The van der Waals surface area contributed by atoms with Gasteiger partial charge in [-0.2, -0.15) is 4.37 Å². The van der Waals surface area contributed by atoms with Gasteiger partial charge in [0.2, 0.25) is 0 Å². The molecule has 0 saturated carbocycles. The van der Waals surface area contributed by atoms with Gasteiger partial charge in [0.1, 0.15) is 10.9 Å². The van der Waals surface area contributed by atoms with Crippen LogP contribution in [0.4, 0.5) is 0 Å². The van der Waals surface area contributed by atoms with Crippen molar-refractivity contribution in [2.75, 3.05) is 0 Å². The highest BCUT2D eigenvalue weighted by Gasteiger charge is 2.20. The highest BCUT2D eigenvalue weighted by Crippen LogP contribution is 2.30. The van der Waals surface area contributed by atoms with E-state index < -0.39 is 5.97 Å². The zero-order valence-corrected chi connectivity index (χ0v) is 12.4. The molecule has 19 heavy (non-hydrogen) atoms. The molecule has 0 fully saturated rings. The molecule has 0 aromatic carbocycles. The predicted molar refractivity (Wildman–Crippen MR) is 73.9 cm³/mol. The molecule has 1 N–H and O–H groups in total. The quantitative estimate of drug-likeness (QED) is 0.937. The van der Waals surface area contributed by atoms with E-state index in [2.05, 4.69) is 14.3 Å². The summed E-state index contributed by atoms with van der Waals surface area (Å²) in [5.41, 5.74) is 0.129. The molecule has 2 rings (SSSR count). The number of rotatable bonds is 3. The van der Waals surface area contributed by atoms with E-state index in [1.165, 1.54) is 41.6 Å². The van der Waals surface area contributed by atoms with Crippen molar-refractivity contribution in [2.24, 2.45) is 0 Å². The lowest BCUT2D eigenvalue weighted by atomic mass is 9.96. The number of aromatic carboxylic acids is 1. The number of pyridine rings is 1. The Kier molecular flexibility index (Phi) is 3.86. The summed E-state index contributed by atoms with van der Waals surface area (Å²) in [6, 6.07) is 3.00. The zero-order chi connectivity index (χ0) is 14.0. The third kappa shape index (κ3) is 3.51. The second kappa shape index (κ2) is 5.26.